The second kappa shape index (κ2) is 10.6. The molecule has 5 nitrogen and oxygen atoms in total. The van der Waals surface area contributed by atoms with Crippen LogP contribution in [0.25, 0.3) is 0 Å². The van der Waals surface area contributed by atoms with E-state index in [4.69, 9.17) is 4.98 Å². The highest BCUT2D eigenvalue weighted by atomic mass is 32.1. The number of nitrogens with zero attached hydrogens (tertiary/aromatic N) is 4. The zero-order valence-corrected chi connectivity index (χ0v) is 20.2. The van der Waals surface area contributed by atoms with Crippen LogP contribution in [0.15, 0.2) is 54.6 Å². The van der Waals surface area contributed by atoms with E-state index in [0.29, 0.717) is 24.8 Å². The predicted molar refractivity (Wildman–Crippen MR) is 134 cm³/mol. The van der Waals surface area contributed by atoms with E-state index < -0.39 is 0 Å². The third-order valence-corrected chi connectivity index (χ3v) is 7.88. The summed E-state index contributed by atoms with van der Waals surface area (Å²) in [6.45, 7) is 3.36. The molecule has 34 heavy (non-hydrogen) atoms. The van der Waals surface area contributed by atoms with Gasteiger partial charge in [0.1, 0.15) is 11.6 Å². The van der Waals surface area contributed by atoms with Gasteiger partial charge < -0.3 is 9.80 Å². The highest BCUT2D eigenvalue weighted by molar-refractivity contribution is 7.09. The molecule has 3 aromatic rings. The van der Waals surface area contributed by atoms with E-state index in [1.54, 1.807) is 12.1 Å². The van der Waals surface area contributed by atoms with Gasteiger partial charge in [-0.2, -0.15) is 4.37 Å². The van der Waals surface area contributed by atoms with Crippen molar-refractivity contribution in [2.75, 3.05) is 31.1 Å². The van der Waals surface area contributed by atoms with Gasteiger partial charge in [-0.15, -0.1) is 0 Å². The number of piperidine rings is 2. The van der Waals surface area contributed by atoms with Gasteiger partial charge in [0.2, 0.25) is 11.0 Å². The fourth-order valence-electron chi connectivity index (χ4n) is 5.15. The molecule has 0 spiro atoms. The first-order valence-corrected chi connectivity index (χ1v) is 13.1. The van der Waals surface area contributed by atoms with Gasteiger partial charge in [0.15, 0.2) is 0 Å². The van der Waals surface area contributed by atoms with Gasteiger partial charge in [0, 0.05) is 44.1 Å². The fourth-order valence-corrected chi connectivity index (χ4v) is 5.87. The number of carbonyl (C=O) groups excluding carboxylic acids is 1. The lowest BCUT2D eigenvalue weighted by molar-refractivity contribution is -0.137. The molecule has 2 aromatic carbocycles. The second-order valence-corrected chi connectivity index (χ2v) is 10.3. The number of hydrogen-bond donors (Lipinski definition) is 0. The third-order valence-electron chi connectivity index (χ3n) is 7.07. The summed E-state index contributed by atoms with van der Waals surface area (Å²) in [7, 11) is 0. The first kappa shape index (κ1) is 23.0. The van der Waals surface area contributed by atoms with Gasteiger partial charge in [-0.25, -0.2) is 9.37 Å². The van der Waals surface area contributed by atoms with Crippen LogP contribution in [0.1, 0.15) is 42.6 Å². The van der Waals surface area contributed by atoms with Crippen LogP contribution in [0.4, 0.5) is 9.52 Å². The van der Waals surface area contributed by atoms with E-state index in [-0.39, 0.29) is 11.7 Å². The monoisotopic (exact) mass is 478 g/mol. The standard InChI is InChI=1S/C27H31FN4OS/c28-24-10-8-21(9-11-24)18-25-29-27(34-30-25)32-14-4-7-23(19-32)26(33)31-15-12-22(13-16-31)17-20-5-2-1-3-6-20/h1-3,5-6,8-11,22-23H,4,7,12-19H2. The molecular weight excluding hydrogens is 447 g/mol. The molecule has 0 saturated carbocycles. The lowest BCUT2D eigenvalue weighted by atomic mass is 9.89. The summed E-state index contributed by atoms with van der Waals surface area (Å²) < 4.78 is 17.7. The molecule has 1 unspecified atom stereocenters. The Labute approximate surface area is 204 Å². The van der Waals surface area contributed by atoms with Crippen LogP contribution in [-0.2, 0) is 17.6 Å². The Balaban J connectivity index is 1.14. The van der Waals surface area contributed by atoms with E-state index in [9.17, 15) is 9.18 Å². The van der Waals surface area contributed by atoms with Crippen molar-refractivity contribution in [2.24, 2.45) is 11.8 Å². The Morgan fingerprint density at radius 3 is 2.50 bits per heavy atom. The minimum atomic E-state index is -0.236. The lowest BCUT2D eigenvalue weighted by Crippen LogP contribution is -2.47. The Morgan fingerprint density at radius 2 is 1.74 bits per heavy atom. The van der Waals surface area contributed by atoms with Crippen molar-refractivity contribution in [3.8, 4) is 0 Å². The molecule has 1 aromatic heterocycles. The van der Waals surface area contributed by atoms with Crippen molar-refractivity contribution < 1.29 is 9.18 Å². The van der Waals surface area contributed by atoms with Crippen molar-refractivity contribution in [1.82, 2.24) is 14.3 Å². The average molecular weight is 479 g/mol. The quantitative estimate of drug-likeness (QED) is 0.502. The van der Waals surface area contributed by atoms with E-state index in [1.165, 1.54) is 29.2 Å². The largest absolute Gasteiger partial charge is 0.346 e. The Hall–Kier alpha value is -2.80. The minimum absolute atomic E-state index is 0.0314. The number of carbonyl (C=O) groups is 1. The van der Waals surface area contributed by atoms with Gasteiger partial charge in [-0.05, 0) is 61.3 Å². The number of aromatic nitrogens is 2. The summed E-state index contributed by atoms with van der Waals surface area (Å²) in [5.41, 5.74) is 2.39. The lowest BCUT2D eigenvalue weighted by Gasteiger charge is -2.37. The van der Waals surface area contributed by atoms with Crippen LogP contribution in [0, 0.1) is 17.7 Å². The summed E-state index contributed by atoms with van der Waals surface area (Å²) >= 11 is 1.39. The first-order valence-electron chi connectivity index (χ1n) is 12.3. The highest BCUT2D eigenvalue weighted by Gasteiger charge is 2.32. The van der Waals surface area contributed by atoms with Crippen LogP contribution >= 0.6 is 11.5 Å². The maximum atomic E-state index is 13.3. The Morgan fingerprint density at radius 1 is 0.971 bits per heavy atom. The molecule has 0 bridgehead atoms. The van der Waals surface area contributed by atoms with Gasteiger partial charge in [-0.3, -0.25) is 4.79 Å². The second-order valence-electron chi connectivity index (χ2n) is 9.54. The van der Waals surface area contributed by atoms with Crippen molar-refractivity contribution in [1.29, 1.82) is 0 Å². The molecule has 0 aliphatic carbocycles. The van der Waals surface area contributed by atoms with Crippen LogP contribution in [0.3, 0.4) is 0 Å². The van der Waals surface area contributed by atoms with Crippen LogP contribution < -0.4 is 4.90 Å². The average Bonchev–Trinajstić information content (AvgIpc) is 3.35. The third kappa shape index (κ3) is 5.63. The minimum Gasteiger partial charge on any atom is -0.346 e. The van der Waals surface area contributed by atoms with Crippen molar-refractivity contribution in [2.45, 2.75) is 38.5 Å². The normalized spacial score (nSPS) is 19.4. The molecule has 2 fully saturated rings. The predicted octanol–water partition coefficient (Wildman–Crippen LogP) is 4.97. The molecule has 1 atom stereocenters. The van der Waals surface area contributed by atoms with Gasteiger partial charge >= 0.3 is 0 Å². The van der Waals surface area contributed by atoms with E-state index in [2.05, 4.69) is 44.5 Å². The molecule has 0 N–H and O–H groups in total. The maximum absolute atomic E-state index is 13.3. The van der Waals surface area contributed by atoms with E-state index >= 15 is 0 Å². The van der Waals surface area contributed by atoms with Gasteiger partial charge in [0.05, 0.1) is 5.92 Å². The number of likely N-dealkylation sites (tertiary alicyclic amines) is 1. The topological polar surface area (TPSA) is 49.3 Å². The Kier molecular flexibility index (Phi) is 7.19. The Bertz CT molecular complexity index is 1080. The summed E-state index contributed by atoms with van der Waals surface area (Å²) in [5, 5.41) is 0.885. The molecule has 5 rings (SSSR count). The van der Waals surface area contributed by atoms with Crippen molar-refractivity contribution in [3.63, 3.8) is 0 Å². The number of rotatable bonds is 6. The van der Waals surface area contributed by atoms with E-state index in [0.717, 1.165) is 68.3 Å². The summed E-state index contributed by atoms with van der Waals surface area (Å²) in [6, 6.07) is 17.1. The number of halogens is 1. The number of benzene rings is 2. The zero-order valence-electron chi connectivity index (χ0n) is 19.4. The molecule has 2 aliphatic heterocycles. The first-order chi connectivity index (χ1) is 16.6. The summed E-state index contributed by atoms with van der Waals surface area (Å²) in [6.07, 6.45) is 5.80. The molecule has 0 radical (unpaired) electrons. The molecule has 2 saturated heterocycles. The molecule has 3 heterocycles. The summed E-state index contributed by atoms with van der Waals surface area (Å²) in [4.78, 5) is 22.3. The maximum Gasteiger partial charge on any atom is 0.227 e. The smallest absolute Gasteiger partial charge is 0.227 e. The SMILES string of the molecule is O=C(C1CCCN(c2nc(Cc3ccc(F)cc3)ns2)C1)N1CCC(Cc2ccccc2)CC1. The summed E-state index contributed by atoms with van der Waals surface area (Å²) in [5.74, 6) is 1.51. The van der Waals surface area contributed by atoms with Gasteiger partial charge in [-0.1, -0.05) is 42.5 Å². The molecule has 2 aliphatic rings. The number of amides is 1. The van der Waals surface area contributed by atoms with Crippen LogP contribution in [0.2, 0.25) is 0 Å². The van der Waals surface area contributed by atoms with Crippen LogP contribution in [-0.4, -0.2) is 46.3 Å². The molecule has 1 amide bonds. The highest BCUT2D eigenvalue weighted by Crippen LogP contribution is 2.28. The molecular formula is C27H31FN4OS. The number of hydrogen-bond acceptors (Lipinski definition) is 5. The fraction of sp³-hybridized carbons (Fsp3) is 0.444. The van der Waals surface area contributed by atoms with Crippen LogP contribution in [0.5, 0.6) is 0 Å². The zero-order chi connectivity index (χ0) is 23.3. The van der Waals surface area contributed by atoms with Crippen molar-refractivity contribution in [3.05, 3.63) is 77.4 Å². The number of anilines is 1. The van der Waals surface area contributed by atoms with Crippen molar-refractivity contribution >= 4 is 22.6 Å². The van der Waals surface area contributed by atoms with Gasteiger partial charge in [0.25, 0.3) is 0 Å². The molecule has 178 valence electrons. The van der Waals surface area contributed by atoms with E-state index in [1.807, 2.05) is 0 Å². The molecule has 7 heteroatoms.